The molecule has 68 valence electrons. The molecule has 0 radical (unpaired) electrons. The van der Waals surface area contributed by atoms with Crippen molar-refractivity contribution in [2.45, 2.75) is 19.4 Å². The van der Waals surface area contributed by atoms with Crippen molar-refractivity contribution < 1.29 is 0 Å². The Labute approximate surface area is 78.7 Å². The molecule has 0 aliphatic carbocycles. The minimum Gasteiger partial charge on any atom is -0.369 e. The molecule has 1 unspecified atom stereocenters. The molecule has 0 amide bonds. The van der Waals surface area contributed by atoms with Crippen LogP contribution in [0.15, 0.2) is 35.3 Å². The Bertz CT molecular complexity index is 303. The van der Waals surface area contributed by atoms with E-state index >= 15 is 0 Å². The number of rotatable bonds is 2. The van der Waals surface area contributed by atoms with Gasteiger partial charge in [-0.05, 0) is 18.9 Å². The third kappa shape index (κ3) is 2.08. The Kier molecular flexibility index (Phi) is 2.30. The van der Waals surface area contributed by atoms with Gasteiger partial charge in [0.1, 0.15) is 0 Å². The maximum absolute atomic E-state index is 4.32. The zero-order chi connectivity index (χ0) is 9.10. The molecule has 1 N–H and O–H groups in total. The van der Waals surface area contributed by atoms with Crippen LogP contribution >= 0.6 is 0 Å². The highest BCUT2D eigenvalue weighted by Crippen LogP contribution is 2.06. The van der Waals surface area contributed by atoms with Crippen molar-refractivity contribution >= 4 is 5.84 Å². The van der Waals surface area contributed by atoms with E-state index in [0.29, 0.717) is 6.04 Å². The molecule has 2 nitrogen and oxygen atoms in total. The molecule has 0 bridgehead atoms. The normalized spacial score (nSPS) is 21.0. The summed E-state index contributed by atoms with van der Waals surface area (Å²) >= 11 is 0. The molecule has 2 heteroatoms. The molecular weight excluding hydrogens is 160 g/mol. The van der Waals surface area contributed by atoms with Crippen LogP contribution in [0.5, 0.6) is 0 Å². The number of benzene rings is 1. The summed E-state index contributed by atoms with van der Waals surface area (Å²) in [6.45, 7) is 2.94. The SMILES string of the molecule is CC1=NCC(Cc2ccccc2)N1. The van der Waals surface area contributed by atoms with E-state index in [1.807, 2.05) is 13.0 Å². The predicted molar refractivity (Wildman–Crippen MR) is 55.0 cm³/mol. The molecule has 1 atom stereocenters. The van der Waals surface area contributed by atoms with Crippen molar-refractivity contribution in [3.8, 4) is 0 Å². The molecule has 1 aromatic carbocycles. The highest BCUT2D eigenvalue weighted by atomic mass is 15.1. The highest BCUT2D eigenvalue weighted by molar-refractivity contribution is 5.81. The lowest BCUT2D eigenvalue weighted by atomic mass is 10.1. The zero-order valence-electron chi connectivity index (χ0n) is 7.83. The molecule has 0 saturated carbocycles. The van der Waals surface area contributed by atoms with Crippen LogP contribution in [0.1, 0.15) is 12.5 Å². The Morgan fingerprint density at radius 2 is 2.15 bits per heavy atom. The summed E-state index contributed by atoms with van der Waals surface area (Å²) in [5, 5.41) is 3.35. The molecule has 1 aliphatic rings. The summed E-state index contributed by atoms with van der Waals surface area (Å²) in [5.74, 6) is 1.07. The second kappa shape index (κ2) is 3.60. The molecular formula is C11H14N2. The van der Waals surface area contributed by atoms with Gasteiger partial charge in [-0.3, -0.25) is 4.99 Å². The molecule has 1 aromatic rings. The lowest BCUT2D eigenvalue weighted by Gasteiger charge is -2.10. The zero-order valence-corrected chi connectivity index (χ0v) is 7.83. The second-order valence-corrected chi connectivity index (χ2v) is 3.46. The molecule has 1 heterocycles. The van der Waals surface area contributed by atoms with E-state index in [9.17, 15) is 0 Å². The monoisotopic (exact) mass is 174 g/mol. The maximum atomic E-state index is 4.32. The standard InChI is InChI=1S/C11H14N2/c1-9-12-8-11(13-9)7-10-5-3-2-4-6-10/h2-6,11H,7-8H2,1H3,(H,12,13). The van der Waals surface area contributed by atoms with Gasteiger partial charge in [0, 0.05) is 0 Å². The lowest BCUT2D eigenvalue weighted by Crippen LogP contribution is -2.30. The van der Waals surface area contributed by atoms with Crippen molar-refractivity contribution in [3.05, 3.63) is 35.9 Å². The van der Waals surface area contributed by atoms with Gasteiger partial charge in [0.2, 0.25) is 0 Å². The predicted octanol–water partition coefficient (Wildman–Crippen LogP) is 1.62. The highest BCUT2D eigenvalue weighted by Gasteiger charge is 2.13. The number of hydrogen-bond donors (Lipinski definition) is 1. The number of nitrogens with zero attached hydrogens (tertiary/aromatic N) is 1. The Balaban J connectivity index is 1.94. The molecule has 0 fully saturated rings. The molecule has 0 saturated heterocycles. The van der Waals surface area contributed by atoms with Gasteiger partial charge in [-0.15, -0.1) is 0 Å². The Morgan fingerprint density at radius 3 is 2.77 bits per heavy atom. The third-order valence-corrected chi connectivity index (χ3v) is 2.29. The van der Waals surface area contributed by atoms with E-state index in [1.165, 1.54) is 5.56 Å². The van der Waals surface area contributed by atoms with Crippen LogP contribution in [0.4, 0.5) is 0 Å². The topological polar surface area (TPSA) is 24.4 Å². The van der Waals surface area contributed by atoms with Crippen LogP contribution < -0.4 is 5.32 Å². The number of hydrogen-bond acceptors (Lipinski definition) is 2. The van der Waals surface area contributed by atoms with Crippen LogP contribution in [0.2, 0.25) is 0 Å². The molecule has 0 spiro atoms. The van der Waals surface area contributed by atoms with Gasteiger partial charge in [0.05, 0.1) is 18.4 Å². The van der Waals surface area contributed by atoms with Crippen molar-refractivity contribution in [3.63, 3.8) is 0 Å². The van der Waals surface area contributed by atoms with Gasteiger partial charge < -0.3 is 5.32 Å². The van der Waals surface area contributed by atoms with E-state index in [1.54, 1.807) is 0 Å². The van der Waals surface area contributed by atoms with Gasteiger partial charge in [0.15, 0.2) is 0 Å². The smallest absolute Gasteiger partial charge is 0.0935 e. The average molecular weight is 174 g/mol. The van der Waals surface area contributed by atoms with Gasteiger partial charge in [-0.1, -0.05) is 30.3 Å². The fourth-order valence-corrected chi connectivity index (χ4v) is 1.65. The average Bonchev–Trinajstić information content (AvgIpc) is 2.53. The largest absolute Gasteiger partial charge is 0.369 e. The van der Waals surface area contributed by atoms with Crippen LogP contribution in [0.25, 0.3) is 0 Å². The van der Waals surface area contributed by atoms with Crippen molar-refractivity contribution in [1.29, 1.82) is 0 Å². The summed E-state index contributed by atoms with van der Waals surface area (Å²) < 4.78 is 0. The lowest BCUT2D eigenvalue weighted by molar-refractivity contribution is 0.653. The van der Waals surface area contributed by atoms with Gasteiger partial charge in [0.25, 0.3) is 0 Å². The number of nitrogens with one attached hydrogen (secondary N) is 1. The van der Waals surface area contributed by atoms with Crippen LogP contribution in [0, 0.1) is 0 Å². The first-order chi connectivity index (χ1) is 6.34. The minimum atomic E-state index is 0.502. The van der Waals surface area contributed by atoms with E-state index in [4.69, 9.17) is 0 Å². The van der Waals surface area contributed by atoms with Gasteiger partial charge in [-0.25, -0.2) is 0 Å². The summed E-state index contributed by atoms with van der Waals surface area (Å²) in [6.07, 6.45) is 1.07. The van der Waals surface area contributed by atoms with Crippen molar-refractivity contribution in [2.24, 2.45) is 4.99 Å². The first-order valence-electron chi connectivity index (χ1n) is 4.66. The van der Waals surface area contributed by atoms with Crippen LogP contribution in [-0.4, -0.2) is 18.4 Å². The molecule has 1 aliphatic heterocycles. The number of amidine groups is 1. The number of aliphatic imine (C=N–C) groups is 1. The Hall–Kier alpha value is -1.31. The van der Waals surface area contributed by atoms with E-state index in [2.05, 4.69) is 34.6 Å². The second-order valence-electron chi connectivity index (χ2n) is 3.46. The van der Waals surface area contributed by atoms with Crippen LogP contribution in [-0.2, 0) is 6.42 Å². The quantitative estimate of drug-likeness (QED) is 0.724. The molecule has 2 rings (SSSR count). The maximum Gasteiger partial charge on any atom is 0.0935 e. The first-order valence-corrected chi connectivity index (χ1v) is 4.66. The molecule has 0 aromatic heterocycles. The van der Waals surface area contributed by atoms with Crippen LogP contribution in [0.3, 0.4) is 0 Å². The van der Waals surface area contributed by atoms with Crippen molar-refractivity contribution in [2.75, 3.05) is 6.54 Å². The first kappa shape index (κ1) is 8.30. The van der Waals surface area contributed by atoms with E-state index in [0.717, 1.165) is 18.8 Å². The third-order valence-electron chi connectivity index (χ3n) is 2.29. The Morgan fingerprint density at radius 1 is 1.38 bits per heavy atom. The van der Waals surface area contributed by atoms with E-state index < -0.39 is 0 Å². The minimum absolute atomic E-state index is 0.502. The summed E-state index contributed by atoms with van der Waals surface area (Å²) in [5.41, 5.74) is 1.38. The summed E-state index contributed by atoms with van der Waals surface area (Å²) in [6, 6.07) is 11.0. The van der Waals surface area contributed by atoms with E-state index in [-0.39, 0.29) is 0 Å². The fourth-order valence-electron chi connectivity index (χ4n) is 1.65. The van der Waals surface area contributed by atoms with Gasteiger partial charge >= 0.3 is 0 Å². The van der Waals surface area contributed by atoms with Gasteiger partial charge in [-0.2, -0.15) is 0 Å². The molecule has 13 heavy (non-hydrogen) atoms. The fraction of sp³-hybridized carbons (Fsp3) is 0.364. The van der Waals surface area contributed by atoms with Crippen molar-refractivity contribution in [1.82, 2.24) is 5.32 Å². The summed E-state index contributed by atoms with van der Waals surface area (Å²) in [7, 11) is 0. The summed E-state index contributed by atoms with van der Waals surface area (Å²) in [4.78, 5) is 4.32.